The molecule has 2 nitrogen and oxygen atoms in total. The molecule has 7 aromatic carbocycles. The number of anilines is 3. The average Bonchev–Trinajstić information content (AvgIpc) is 3.21. The van der Waals surface area contributed by atoms with E-state index in [2.05, 4.69) is 0 Å². The fourth-order valence-electron chi connectivity index (χ4n) is 5.30. The van der Waals surface area contributed by atoms with Gasteiger partial charge in [0.25, 0.3) is 0 Å². The van der Waals surface area contributed by atoms with Crippen LogP contribution < -0.4 is 9.64 Å². The maximum atomic E-state index is 9.44. The standard InChI is InChI=1S/C40H27NO/c1-4-12-28(13-5-1)30-16-10-19-32(26-30)41(31-17-8-3-9-18-31)33-22-23-35-37-21-11-20-36-34(29-14-6-2-7-15-29)24-25-38(40(36)37)42-39(35)27-33/h1-27H/i1D,3D,4D,5D,8D,9D,10D,12D,13D,16D,17D,18D,19D,26D. The molecule has 42 heavy (non-hydrogen) atoms. The Labute approximate surface area is 265 Å². The maximum absolute atomic E-state index is 9.44. The van der Waals surface area contributed by atoms with Gasteiger partial charge in [-0.1, -0.05) is 115 Å². The number of hydrogen-bond acceptors (Lipinski definition) is 2. The van der Waals surface area contributed by atoms with Crippen LogP contribution in [0.3, 0.4) is 0 Å². The Bertz CT molecular complexity index is 2790. The van der Waals surface area contributed by atoms with Crippen molar-refractivity contribution >= 4 is 27.8 Å². The summed E-state index contributed by atoms with van der Waals surface area (Å²) in [5, 5.41) is 1.80. The third kappa shape index (κ3) is 4.13. The first-order chi connectivity index (χ1) is 26.6. The van der Waals surface area contributed by atoms with Crippen molar-refractivity contribution in [1.29, 1.82) is 0 Å². The Morgan fingerprint density at radius 2 is 1.21 bits per heavy atom. The molecular formula is C40H27NO. The van der Waals surface area contributed by atoms with Gasteiger partial charge in [0.2, 0.25) is 0 Å². The molecule has 0 saturated carbocycles. The number of para-hydroxylation sites is 1. The highest BCUT2D eigenvalue weighted by Crippen LogP contribution is 2.50. The lowest BCUT2D eigenvalue weighted by molar-refractivity contribution is 0.487. The van der Waals surface area contributed by atoms with E-state index in [0.29, 0.717) is 17.1 Å². The van der Waals surface area contributed by atoms with E-state index in [4.69, 9.17) is 22.6 Å². The zero-order chi connectivity index (χ0) is 40.1. The summed E-state index contributed by atoms with van der Waals surface area (Å²) in [6, 6.07) is 14.0. The molecular weight excluding hydrogens is 510 g/mol. The van der Waals surface area contributed by atoms with Crippen molar-refractivity contribution in [3.63, 3.8) is 0 Å². The summed E-state index contributed by atoms with van der Waals surface area (Å²) in [6.45, 7) is 0. The number of nitrogens with zero attached hydrogens (tertiary/aromatic N) is 1. The van der Waals surface area contributed by atoms with Gasteiger partial charge in [-0.05, 0) is 75.6 Å². The largest absolute Gasteiger partial charge is 0.456 e. The van der Waals surface area contributed by atoms with Crippen LogP contribution in [0.25, 0.3) is 44.2 Å². The van der Waals surface area contributed by atoms with Crippen LogP contribution in [0.2, 0.25) is 0 Å². The number of fused-ring (bicyclic) bond motifs is 2. The Balaban J connectivity index is 1.42. The van der Waals surface area contributed by atoms with Crippen molar-refractivity contribution in [3.8, 4) is 44.9 Å². The minimum absolute atomic E-state index is 0.0463. The van der Waals surface area contributed by atoms with Crippen molar-refractivity contribution < 1.29 is 23.9 Å². The quantitative estimate of drug-likeness (QED) is 0.211. The maximum Gasteiger partial charge on any atom is 0.137 e. The lowest BCUT2D eigenvalue weighted by Gasteiger charge is -2.28. The molecule has 0 fully saturated rings. The van der Waals surface area contributed by atoms with Crippen LogP contribution in [0.4, 0.5) is 17.1 Å². The fourth-order valence-corrected chi connectivity index (χ4v) is 5.30. The Morgan fingerprint density at radius 3 is 2.05 bits per heavy atom. The zero-order valence-corrected chi connectivity index (χ0v) is 21.9. The molecule has 1 aliphatic rings. The molecule has 7 aromatic rings. The van der Waals surface area contributed by atoms with Crippen LogP contribution in [0, 0.1) is 0 Å². The first-order valence-electron chi connectivity index (χ1n) is 20.1. The van der Waals surface area contributed by atoms with Gasteiger partial charge in [0, 0.05) is 34.1 Å². The first kappa shape index (κ1) is 13.8. The second-order valence-electron chi connectivity index (χ2n) is 9.52. The fraction of sp³-hybridized carbons (Fsp3) is 0. The summed E-state index contributed by atoms with van der Waals surface area (Å²) in [4.78, 5) is 1.04. The van der Waals surface area contributed by atoms with Gasteiger partial charge in [-0.3, -0.25) is 0 Å². The van der Waals surface area contributed by atoms with Gasteiger partial charge in [0.15, 0.2) is 0 Å². The average molecular weight is 552 g/mol. The lowest BCUT2D eigenvalue weighted by Crippen LogP contribution is -2.10. The van der Waals surface area contributed by atoms with E-state index in [9.17, 15) is 1.37 Å². The highest BCUT2D eigenvalue weighted by atomic mass is 16.5. The SMILES string of the molecule is [2H]c1c([2H])c([2H])c(-c2c([2H])c([2H])c([2H])c(N(c3ccc4c(c3)Oc3ccc(-c5ccccc5)c5cccc-4c35)c3c([2H])c([2H])c([2H])c([2H])c3[2H])c2[2H])c([2H])c1[2H]. The number of rotatable bonds is 5. The molecule has 8 rings (SSSR count). The second kappa shape index (κ2) is 10.1. The summed E-state index contributed by atoms with van der Waals surface area (Å²) in [5.41, 5.74) is 1.38. The van der Waals surface area contributed by atoms with Crippen LogP contribution in [0.15, 0.2) is 163 Å². The normalized spacial score (nSPS) is 16.2. The Hall–Kier alpha value is -5.60. The van der Waals surface area contributed by atoms with Crippen LogP contribution in [-0.4, -0.2) is 0 Å². The number of ether oxygens (including phenoxy) is 1. The van der Waals surface area contributed by atoms with E-state index in [1.807, 2.05) is 60.7 Å². The molecule has 0 saturated heterocycles. The molecule has 0 unspecified atom stereocenters. The summed E-state index contributed by atoms with van der Waals surface area (Å²) in [5.74, 6) is 0.812. The van der Waals surface area contributed by atoms with Crippen LogP contribution in [-0.2, 0) is 0 Å². The molecule has 1 heterocycles. The third-order valence-corrected chi connectivity index (χ3v) is 7.12. The molecule has 0 amide bonds. The van der Waals surface area contributed by atoms with Crippen molar-refractivity contribution in [3.05, 3.63) is 163 Å². The first-order valence-corrected chi connectivity index (χ1v) is 13.1. The molecule has 0 spiro atoms. The van der Waals surface area contributed by atoms with Crippen molar-refractivity contribution in [2.45, 2.75) is 0 Å². The van der Waals surface area contributed by atoms with Crippen molar-refractivity contribution in [2.24, 2.45) is 0 Å². The smallest absolute Gasteiger partial charge is 0.137 e. The zero-order valence-electron chi connectivity index (χ0n) is 35.9. The van der Waals surface area contributed by atoms with E-state index >= 15 is 0 Å². The topological polar surface area (TPSA) is 12.5 Å². The van der Waals surface area contributed by atoms with Crippen molar-refractivity contribution in [2.75, 3.05) is 4.90 Å². The summed E-state index contributed by atoms with van der Waals surface area (Å²) >= 11 is 0. The molecule has 0 radical (unpaired) electrons. The predicted molar refractivity (Wildman–Crippen MR) is 175 cm³/mol. The minimum Gasteiger partial charge on any atom is -0.456 e. The van der Waals surface area contributed by atoms with E-state index in [0.717, 1.165) is 32.4 Å². The highest BCUT2D eigenvalue weighted by Gasteiger charge is 2.23. The van der Waals surface area contributed by atoms with E-state index in [1.54, 1.807) is 12.1 Å². The highest BCUT2D eigenvalue weighted by molar-refractivity contribution is 6.10. The number of hydrogen-bond donors (Lipinski definition) is 0. The molecule has 0 atom stereocenters. The van der Waals surface area contributed by atoms with Gasteiger partial charge in [-0.25, -0.2) is 0 Å². The van der Waals surface area contributed by atoms with E-state index in [1.165, 1.54) is 6.07 Å². The van der Waals surface area contributed by atoms with Gasteiger partial charge in [0.1, 0.15) is 11.5 Å². The van der Waals surface area contributed by atoms with E-state index in [-0.39, 0.29) is 5.69 Å². The molecule has 0 aromatic heterocycles. The lowest BCUT2D eigenvalue weighted by atomic mass is 9.90. The van der Waals surface area contributed by atoms with Gasteiger partial charge < -0.3 is 9.64 Å². The Kier molecular flexibility index (Phi) is 3.33. The van der Waals surface area contributed by atoms with Crippen LogP contribution in [0.1, 0.15) is 19.2 Å². The van der Waals surface area contributed by atoms with Gasteiger partial charge >= 0.3 is 0 Å². The van der Waals surface area contributed by atoms with Crippen LogP contribution in [0.5, 0.6) is 11.5 Å². The second-order valence-corrected chi connectivity index (χ2v) is 9.52. The van der Waals surface area contributed by atoms with Gasteiger partial charge in [-0.2, -0.15) is 0 Å². The van der Waals surface area contributed by atoms with Crippen molar-refractivity contribution in [1.82, 2.24) is 0 Å². The summed E-state index contributed by atoms with van der Waals surface area (Å²) in [6.07, 6.45) is 0. The van der Waals surface area contributed by atoms with Gasteiger partial charge in [-0.15, -0.1) is 0 Å². The van der Waals surface area contributed by atoms with Crippen LogP contribution >= 0.6 is 0 Å². The van der Waals surface area contributed by atoms with Gasteiger partial charge in [0.05, 0.1) is 19.2 Å². The summed E-state index contributed by atoms with van der Waals surface area (Å²) in [7, 11) is 0. The molecule has 0 aliphatic carbocycles. The molecule has 1 aliphatic heterocycles. The predicted octanol–water partition coefficient (Wildman–Crippen LogP) is 11.4. The third-order valence-electron chi connectivity index (χ3n) is 7.12. The monoisotopic (exact) mass is 551 g/mol. The molecule has 0 bridgehead atoms. The summed E-state index contributed by atoms with van der Waals surface area (Å²) < 4.78 is 127. The van der Waals surface area contributed by atoms with E-state index < -0.39 is 107 Å². The molecule has 2 heteroatoms. The Morgan fingerprint density at radius 1 is 0.476 bits per heavy atom. The number of benzene rings is 7. The minimum atomic E-state index is -0.792. The molecule has 198 valence electrons. The molecule has 0 N–H and O–H groups in total.